The molecular weight excluding hydrogens is 292 g/mol. The summed E-state index contributed by atoms with van der Waals surface area (Å²) in [5, 5.41) is 2.71. The van der Waals surface area contributed by atoms with Gasteiger partial charge in [0, 0.05) is 38.4 Å². The summed E-state index contributed by atoms with van der Waals surface area (Å²) in [6.45, 7) is 3.74. The number of hydrogen-bond acceptors (Lipinski definition) is 4. The van der Waals surface area contributed by atoms with Crippen LogP contribution in [0.25, 0.3) is 0 Å². The van der Waals surface area contributed by atoms with Gasteiger partial charge in [-0.3, -0.25) is 0 Å². The molecule has 1 aromatic rings. The minimum absolute atomic E-state index is 0.154. The molecule has 1 aliphatic rings. The third-order valence-electron chi connectivity index (χ3n) is 3.35. The molecule has 0 atom stereocenters. The van der Waals surface area contributed by atoms with E-state index in [0.717, 1.165) is 0 Å². The molecule has 0 spiro atoms. The number of carbonyl (C=O) groups is 1. The molecule has 0 saturated carbocycles. The maximum absolute atomic E-state index is 12.5. The van der Waals surface area contributed by atoms with E-state index in [4.69, 9.17) is 5.73 Å². The van der Waals surface area contributed by atoms with Crippen molar-refractivity contribution in [3.63, 3.8) is 0 Å². The SMILES string of the molecule is CCNC(=O)N1CCN(S(=O)(=O)c2cccc(N)c2)CC1. The number of anilines is 1. The maximum Gasteiger partial charge on any atom is 0.317 e. The Morgan fingerprint density at radius 3 is 2.52 bits per heavy atom. The fraction of sp³-hybridized carbons (Fsp3) is 0.462. The lowest BCUT2D eigenvalue weighted by Gasteiger charge is -2.33. The molecule has 0 radical (unpaired) electrons. The average molecular weight is 312 g/mol. The number of amides is 2. The van der Waals surface area contributed by atoms with Crippen molar-refractivity contribution in [2.75, 3.05) is 38.5 Å². The normalized spacial score (nSPS) is 16.7. The van der Waals surface area contributed by atoms with Crippen LogP contribution in [-0.2, 0) is 10.0 Å². The molecule has 0 aliphatic carbocycles. The van der Waals surface area contributed by atoms with Crippen LogP contribution in [0.2, 0.25) is 0 Å². The summed E-state index contributed by atoms with van der Waals surface area (Å²) < 4.78 is 26.4. The van der Waals surface area contributed by atoms with Crippen LogP contribution in [0.3, 0.4) is 0 Å². The first-order valence-electron chi connectivity index (χ1n) is 6.83. The Morgan fingerprint density at radius 1 is 1.29 bits per heavy atom. The maximum atomic E-state index is 12.5. The molecule has 1 aliphatic heterocycles. The van der Waals surface area contributed by atoms with Crippen LogP contribution in [0.5, 0.6) is 0 Å². The highest BCUT2D eigenvalue weighted by Gasteiger charge is 2.29. The van der Waals surface area contributed by atoms with Crippen LogP contribution in [0.15, 0.2) is 29.2 Å². The molecular formula is C13H20N4O3S. The molecule has 1 heterocycles. The van der Waals surface area contributed by atoms with Gasteiger partial charge in [-0.2, -0.15) is 4.31 Å². The molecule has 0 bridgehead atoms. The van der Waals surface area contributed by atoms with Gasteiger partial charge in [-0.25, -0.2) is 13.2 Å². The van der Waals surface area contributed by atoms with Crippen LogP contribution in [-0.4, -0.2) is 56.4 Å². The Morgan fingerprint density at radius 2 is 1.95 bits per heavy atom. The Balaban J connectivity index is 2.06. The van der Waals surface area contributed by atoms with Crippen LogP contribution >= 0.6 is 0 Å². The van der Waals surface area contributed by atoms with Crippen LogP contribution in [0.1, 0.15) is 6.92 Å². The first-order valence-corrected chi connectivity index (χ1v) is 8.27. The molecule has 21 heavy (non-hydrogen) atoms. The molecule has 2 amide bonds. The molecule has 1 fully saturated rings. The summed E-state index contributed by atoms with van der Waals surface area (Å²) in [6, 6.07) is 6.09. The molecule has 7 nitrogen and oxygen atoms in total. The highest BCUT2D eigenvalue weighted by atomic mass is 32.2. The minimum Gasteiger partial charge on any atom is -0.399 e. The van der Waals surface area contributed by atoms with E-state index < -0.39 is 10.0 Å². The number of rotatable bonds is 3. The van der Waals surface area contributed by atoms with Gasteiger partial charge in [0.15, 0.2) is 0 Å². The van der Waals surface area contributed by atoms with Gasteiger partial charge in [0.25, 0.3) is 0 Å². The van der Waals surface area contributed by atoms with Gasteiger partial charge >= 0.3 is 6.03 Å². The molecule has 1 aromatic carbocycles. The topological polar surface area (TPSA) is 95.7 Å². The number of nitrogens with one attached hydrogen (secondary N) is 1. The summed E-state index contributed by atoms with van der Waals surface area (Å²) in [5.41, 5.74) is 6.05. The number of benzene rings is 1. The van der Waals surface area contributed by atoms with Gasteiger partial charge in [0.1, 0.15) is 0 Å². The van der Waals surface area contributed by atoms with Crippen molar-refractivity contribution in [2.45, 2.75) is 11.8 Å². The summed E-state index contributed by atoms with van der Waals surface area (Å²) >= 11 is 0. The van der Waals surface area contributed by atoms with Crippen LogP contribution in [0.4, 0.5) is 10.5 Å². The van der Waals surface area contributed by atoms with Crippen molar-refractivity contribution in [2.24, 2.45) is 0 Å². The number of hydrogen-bond donors (Lipinski definition) is 2. The summed E-state index contributed by atoms with van der Waals surface area (Å²) in [4.78, 5) is 13.5. The van der Waals surface area contributed by atoms with Gasteiger partial charge < -0.3 is 16.0 Å². The van der Waals surface area contributed by atoms with E-state index in [-0.39, 0.29) is 24.0 Å². The number of nitrogen functional groups attached to an aromatic ring is 1. The fourth-order valence-corrected chi connectivity index (χ4v) is 3.70. The average Bonchev–Trinajstić information content (AvgIpc) is 2.47. The van der Waals surface area contributed by atoms with E-state index in [0.29, 0.717) is 25.3 Å². The monoisotopic (exact) mass is 312 g/mol. The zero-order valence-electron chi connectivity index (χ0n) is 11.9. The van der Waals surface area contributed by atoms with Crippen molar-refractivity contribution >= 4 is 21.7 Å². The van der Waals surface area contributed by atoms with Gasteiger partial charge in [-0.1, -0.05) is 6.07 Å². The molecule has 116 valence electrons. The Kier molecular flexibility index (Phi) is 4.69. The minimum atomic E-state index is -3.55. The molecule has 1 saturated heterocycles. The first-order chi connectivity index (χ1) is 9.95. The van der Waals surface area contributed by atoms with E-state index in [2.05, 4.69) is 5.32 Å². The van der Waals surface area contributed by atoms with Gasteiger partial charge in [-0.15, -0.1) is 0 Å². The highest BCUT2D eigenvalue weighted by molar-refractivity contribution is 7.89. The lowest BCUT2D eigenvalue weighted by molar-refractivity contribution is 0.173. The predicted octanol–water partition coefficient (Wildman–Crippen LogP) is 0.305. The lowest BCUT2D eigenvalue weighted by atomic mass is 10.3. The van der Waals surface area contributed by atoms with Crippen molar-refractivity contribution < 1.29 is 13.2 Å². The lowest BCUT2D eigenvalue weighted by Crippen LogP contribution is -2.53. The second-order valence-electron chi connectivity index (χ2n) is 4.80. The Hall–Kier alpha value is -1.80. The second-order valence-corrected chi connectivity index (χ2v) is 6.74. The number of nitrogens with two attached hydrogens (primary N) is 1. The predicted molar refractivity (Wildman–Crippen MR) is 80.3 cm³/mol. The van der Waals surface area contributed by atoms with E-state index in [1.165, 1.54) is 16.4 Å². The van der Waals surface area contributed by atoms with Crippen molar-refractivity contribution in [1.29, 1.82) is 0 Å². The number of urea groups is 1. The zero-order chi connectivity index (χ0) is 15.5. The molecule has 0 unspecified atom stereocenters. The van der Waals surface area contributed by atoms with E-state index in [9.17, 15) is 13.2 Å². The summed E-state index contributed by atoms with van der Waals surface area (Å²) in [6.07, 6.45) is 0. The van der Waals surface area contributed by atoms with E-state index >= 15 is 0 Å². The molecule has 2 rings (SSSR count). The number of nitrogens with zero attached hydrogens (tertiary/aromatic N) is 2. The standard InChI is InChI=1S/C13H20N4O3S/c1-2-15-13(18)16-6-8-17(9-7-16)21(19,20)12-5-3-4-11(14)10-12/h3-5,10H,2,6-9,14H2,1H3,(H,15,18). The van der Waals surface area contributed by atoms with Gasteiger partial charge in [0.2, 0.25) is 10.0 Å². The number of sulfonamides is 1. The quantitative estimate of drug-likeness (QED) is 0.785. The number of carbonyl (C=O) groups excluding carboxylic acids is 1. The van der Waals surface area contributed by atoms with Crippen LogP contribution < -0.4 is 11.1 Å². The summed E-state index contributed by atoms with van der Waals surface area (Å²) in [7, 11) is -3.55. The van der Waals surface area contributed by atoms with Crippen molar-refractivity contribution in [3.05, 3.63) is 24.3 Å². The molecule has 3 N–H and O–H groups in total. The van der Waals surface area contributed by atoms with Crippen molar-refractivity contribution in [3.8, 4) is 0 Å². The van der Waals surface area contributed by atoms with Crippen molar-refractivity contribution in [1.82, 2.24) is 14.5 Å². The second kappa shape index (κ2) is 6.31. The van der Waals surface area contributed by atoms with E-state index in [1.54, 1.807) is 17.0 Å². The van der Waals surface area contributed by atoms with Gasteiger partial charge in [-0.05, 0) is 25.1 Å². The van der Waals surface area contributed by atoms with Gasteiger partial charge in [0.05, 0.1) is 4.90 Å². The smallest absolute Gasteiger partial charge is 0.317 e. The molecule has 0 aromatic heterocycles. The number of piperazine rings is 1. The largest absolute Gasteiger partial charge is 0.399 e. The summed E-state index contributed by atoms with van der Waals surface area (Å²) in [5.74, 6) is 0. The third-order valence-corrected chi connectivity index (χ3v) is 5.24. The first kappa shape index (κ1) is 15.6. The zero-order valence-corrected chi connectivity index (χ0v) is 12.8. The van der Waals surface area contributed by atoms with E-state index in [1.807, 2.05) is 6.92 Å². The third kappa shape index (κ3) is 3.45. The highest BCUT2D eigenvalue weighted by Crippen LogP contribution is 2.19. The Bertz CT molecular complexity index is 610. The Labute approximate surface area is 124 Å². The fourth-order valence-electron chi connectivity index (χ4n) is 2.22. The van der Waals surface area contributed by atoms with Crippen LogP contribution in [0, 0.1) is 0 Å². The molecule has 8 heteroatoms.